The summed E-state index contributed by atoms with van der Waals surface area (Å²) in [6, 6.07) is 13.1. The molecule has 2 aromatic rings. The summed E-state index contributed by atoms with van der Waals surface area (Å²) in [6.45, 7) is 0. The van der Waals surface area contributed by atoms with Gasteiger partial charge in [0.05, 0.1) is 9.79 Å². The summed E-state index contributed by atoms with van der Waals surface area (Å²) >= 11 is 0. The van der Waals surface area contributed by atoms with E-state index in [1.807, 2.05) is 0 Å². The van der Waals surface area contributed by atoms with E-state index in [1.54, 1.807) is 48.5 Å². The Balaban J connectivity index is 1.84. The van der Waals surface area contributed by atoms with Crippen LogP contribution in [0.4, 0.5) is 0 Å². The molecule has 0 spiro atoms. The number of Topliss-reactive ketones (excluding diaryl/α,β-unsaturated/α-hetero) is 1. The normalized spacial score (nSPS) is 12.1. The molecule has 0 aromatic heterocycles. The third kappa shape index (κ3) is 6.07. The lowest BCUT2D eigenvalue weighted by molar-refractivity contribution is -0.119. The monoisotopic (exact) mass is 394 g/mol. The van der Waals surface area contributed by atoms with Gasteiger partial charge in [-0.3, -0.25) is 4.79 Å². The highest BCUT2D eigenvalue weighted by molar-refractivity contribution is 7.91. The smallest absolute Gasteiger partial charge is 0.175 e. The topological polar surface area (TPSA) is 85.3 Å². The minimum absolute atomic E-state index is 0.115. The van der Waals surface area contributed by atoms with Gasteiger partial charge in [-0.05, 0) is 48.2 Å². The zero-order chi connectivity index (χ0) is 19.4. The Bertz CT molecular complexity index is 890. The number of hydrogen-bond acceptors (Lipinski definition) is 5. The van der Waals surface area contributed by atoms with Crippen molar-refractivity contribution in [3.63, 3.8) is 0 Å². The first-order valence-electron chi connectivity index (χ1n) is 8.15. The minimum Gasteiger partial charge on any atom is -0.300 e. The molecule has 0 aliphatic rings. The van der Waals surface area contributed by atoms with Crippen LogP contribution in [0.2, 0.25) is 0 Å². The van der Waals surface area contributed by atoms with Gasteiger partial charge in [0.2, 0.25) is 0 Å². The van der Waals surface area contributed by atoms with Crippen LogP contribution < -0.4 is 0 Å². The molecular weight excluding hydrogens is 372 g/mol. The van der Waals surface area contributed by atoms with Crippen LogP contribution in [0.5, 0.6) is 0 Å². The second kappa shape index (κ2) is 8.14. The predicted molar refractivity (Wildman–Crippen MR) is 101 cm³/mol. The van der Waals surface area contributed by atoms with Gasteiger partial charge in [0.25, 0.3) is 0 Å². The van der Waals surface area contributed by atoms with Crippen LogP contribution in [-0.4, -0.2) is 35.1 Å². The first-order chi connectivity index (χ1) is 12.1. The Kier molecular flexibility index (Phi) is 6.36. The quantitative estimate of drug-likeness (QED) is 0.687. The van der Waals surface area contributed by atoms with Crippen LogP contribution in [0, 0.1) is 0 Å². The van der Waals surface area contributed by atoms with Gasteiger partial charge in [0.15, 0.2) is 19.7 Å². The van der Waals surface area contributed by atoms with E-state index >= 15 is 0 Å². The lowest BCUT2D eigenvalue weighted by Crippen LogP contribution is -2.03. The molecule has 0 radical (unpaired) electrons. The van der Waals surface area contributed by atoms with Gasteiger partial charge in [-0.25, -0.2) is 16.8 Å². The molecule has 2 rings (SSSR count). The third-order valence-corrected chi connectivity index (χ3v) is 6.34. The number of sulfone groups is 2. The summed E-state index contributed by atoms with van der Waals surface area (Å²) in [5.74, 6) is 0.115. The first kappa shape index (κ1) is 20.3. The molecule has 7 heteroatoms. The maximum atomic E-state index is 12.1. The van der Waals surface area contributed by atoms with E-state index in [4.69, 9.17) is 0 Å². The van der Waals surface area contributed by atoms with Gasteiger partial charge in [-0.2, -0.15) is 0 Å². The summed E-state index contributed by atoms with van der Waals surface area (Å²) in [5, 5.41) is 0. The number of ketones is 1. The first-order valence-corrected chi connectivity index (χ1v) is 11.9. The molecule has 0 aliphatic carbocycles. The Morgan fingerprint density at radius 1 is 0.654 bits per heavy atom. The molecule has 2 aromatic carbocycles. The van der Waals surface area contributed by atoms with E-state index in [2.05, 4.69) is 0 Å². The third-order valence-electron chi connectivity index (χ3n) is 4.09. The van der Waals surface area contributed by atoms with Crippen molar-refractivity contribution in [3.8, 4) is 0 Å². The molecular formula is C19H22O5S2. The van der Waals surface area contributed by atoms with Crippen molar-refractivity contribution in [2.24, 2.45) is 0 Å². The second-order valence-corrected chi connectivity index (χ2v) is 10.4. The van der Waals surface area contributed by atoms with Crippen LogP contribution in [0.1, 0.15) is 24.0 Å². The number of carbonyl (C=O) groups is 1. The number of aryl methyl sites for hydroxylation is 2. The molecule has 0 saturated carbocycles. The average Bonchev–Trinajstić information content (AvgIpc) is 2.57. The zero-order valence-electron chi connectivity index (χ0n) is 14.8. The Labute approximate surface area is 154 Å². The molecule has 140 valence electrons. The highest BCUT2D eigenvalue weighted by atomic mass is 32.2. The molecule has 0 heterocycles. The van der Waals surface area contributed by atoms with Crippen molar-refractivity contribution in [3.05, 3.63) is 59.7 Å². The molecule has 0 fully saturated rings. The van der Waals surface area contributed by atoms with Gasteiger partial charge in [0.1, 0.15) is 5.78 Å². The largest absolute Gasteiger partial charge is 0.300 e. The molecule has 0 saturated heterocycles. The van der Waals surface area contributed by atoms with Crippen LogP contribution in [0.15, 0.2) is 58.3 Å². The van der Waals surface area contributed by atoms with E-state index in [1.165, 1.54) is 0 Å². The van der Waals surface area contributed by atoms with Crippen molar-refractivity contribution >= 4 is 25.5 Å². The van der Waals surface area contributed by atoms with Crippen LogP contribution >= 0.6 is 0 Å². The fourth-order valence-corrected chi connectivity index (χ4v) is 3.76. The molecule has 0 aliphatic heterocycles. The summed E-state index contributed by atoms with van der Waals surface area (Å²) in [4.78, 5) is 12.6. The molecule has 0 amide bonds. The highest BCUT2D eigenvalue weighted by Crippen LogP contribution is 2.14. The molecule has 0 atom stereocenters. The molecule has 26 heavy (non-hydrogen) atoms. The Hall–Kier alpha value is -1.99. The van der Waals surface area contributed by atoms with Gasteiger partial charge >= 0.3 is 0 Å². The number of benzene rings is 2. The van der Waals surface area contributed by atoms with Crippen LogP contribution in [-0.2, 0) is 37.3 Å². The van der Waals surface area contributed by atoms with Crippen molar-refractivity contribution < 1.29 is 21.6 Å². The van der Waals surface area contributed by atoms with Crippen molar-refractivity contribution in [2.45, 2.75) is 35.5 Å². The number of rotatable bonds is 8. The standard InChI is InChI=1S/C19H22O5S2/c1-25(21,22)18-11-5-15(6-12-18)3-9-17(20)10-4-16-7-13-19(14-8-16)26(2,23)24/h5-8,11-14H,3-4,9-10H2,1-2H3. The summed E-state index contributed by atoms with van der Waals surface area (Å²) in [7, 11) is -6.41. The SMILES string of the molecule is CS(=O)(=O)c1ccc(CCC(=O)CCc2ccc(S(C)(=O)=O)cc2)cc1. The maximum Gasteiger partial charge on any atom is 0.175 e. The van der Waals surface area contributed by atoms with Gasteiger partial charge in [-0.1, -0.05) is 24.3 Å². The van der Waals surface area contributed by atoms with Crippen LogP contribution in [0.3, 0.4) is 0 Å². The fraction of sp³-hybridized carbons (Fsp3) is 0.316. The molecule has 0 unspecified atom stereocenters. The van der Waals surface area contributed by atoms with Gasteiger partial charge in [0, 0.05) is 25.4 Å². The number of carbonyl (C=O) groups excluding carboxylic acids is 1. The van der Waals surface area contributed by atoms with E-state index < -0.39 is 19.7 Å². The average molecular weight is 395 g/mol. The fourth-order valence-electron chi connectivity index (χ4n) is 2.50. The van der Waals surface area contributed by atoms with E-state index in [9.17, 15) is 21.6 Å². The van der Waals surface area contributed by atoms with Gasteiger partial charge < -0.3 is 0 Å². The van der Waals surface area contributed by atoms with Crippen molar-refractivity contribution in [2.75, 3.05) is 12.5 Å². The lowest BCUT2D eigenvalue weighted by atomic mass is 10.0. The van der Waals surface area contributed by atoms with Gasteiger partial charge in [-0.15, -0.1) is 0 Å². The molecule has 5 nitrogen and oxygen atoms in total. The zero-order valence-corrected chi connectivity index (χ0v) is 16.4. The van der Waals surface area contributed by atoms with E-state index in [0.717, 1.165) is 23.6 Å². The number of hydrogen-bond donors (Lipinski definition) is 0. The Morgan fingerprint density at radius 3 is 1.23 bits per heavy atom. The molecule has 0 bridgehead atoms. The van der Waals surface area contributed by atoms with E-state index in [-0.39, 0.29) is 15.6 Å². The van der Waals surface area contributed by atoms with Crippen molar-refractivity contribution in [1.29, 1.82) is 0 Å². The highest BCUT2D eigenvalue weighted by Gasteiger charge is 2.09. The van der Waals surface area contributed by atoms with Crippen LogP contribution in [0.25, 0.3) is 0 Å². The summed E-state index contributed by atoms with van der Waals surface area (Å²) in [6.07, 6.45) is 4.23. The summed E-state index contributed by atoms with van der Waals surface area (Å²) < 4.78 is 45.7. The molecule has 0 N–H and O–H groups in total. The minimum atomic E-state index is -3.21. The Morgan fingerprint density at radius 2 is 0.962 bits per heavy atom. The predicted octanol–water partition coefficient (Wildman–Crippen LogP) is 2.63. The second-order valence-electron chi connectivity index (χ2n) is 6.37. The lowest BCUT2D eigenvalue weighted by Gasteiger charge is -2.05. The summed E-state index contributed by atoms with van der Waals surface area (Å²) in [5.41, 5.74) is 1.84. The maximum absolute atomic E-state index is 12.1. The van der Waals surface area contributed by atoms with E-state index in [0.29, 0.717) is 25.7 Å². The van der Waals surface area contributed by atoms with Crippen molar-refractivity contribution in [1.82, 2.24) is 0 Å².